The summed E-state index contributed by atoms with van der Waals surface area (Å²) < 4.78 is 1.68. The zero-order valence-electron chi connectivity index (χ0n) is 14.9. The summed E-state index contributed by atoms with van der Waals surface area (Å²) in [4.78, 5) is 14.7. The van der Waals surface area contributed by atoms with Gasteiger partial charge in [0, 0.05) is 19.2 Å². The Labute approximate surface area is 149 Å². The number of hydrogen-bond donors (Lipinski definition) is 0. The number of fused-ring (bicyclic) bond motifs is 1. The lowest BCUT2D eigenvalue weighted by Crippen LogP contribution is -2.39. The first-order valence-electron chi connectivity index (χ1n) is 9.64. The lowest BCUT2D eigenvalue weighted by atomic mass is 9.90. The topological polar surface area (TPSA) is 38.1 Å². The fourth-order valence-corrected chi connectivity index (χ4v) is 4.17. The van der Waals surface area contributed by atoms with Gasteiger partial charge in [-0.25, -0.2) is 4.68 Å². The molecule has 2 aliphatic rings. The van der Waals surface area contributed by atoms with Crippen LogP contribution in [0.1, 0.15) is 42.5 Å². The van der Waals surface area contributed by atoms with Crippen LogP contribution in [-0.4, -0.2) is 27.8 Å². The Morgan fingerprint density at radius 1 is 1.04 bits per heavy atom. The predicted molar refractivity (Wildman–Crippen MR) is 99.6 cm³/mol. The quantitative estimate of drug-likeness (QED) is 0.861. The van der Waals surface area contributed by atoms with Crippen LogP contribution >= 0.6 is 0 Å². The maximum atomic E-state index is 12.3. The van der Waals surface area contributed by atoms with Crippen LogP contribution in [0.4, 0.5) is 0 Å². The van der Waals surface area contributed by atoms with E-state index in [0.29, 0.717) is 6.67 Å². The summed E-state index contributed by atoms with van der Waals surface area (Å²) in [6, 6.07) is 12.6. The van der Waals surface area contributed by atoms with E-state index in [1.54, 1.807) is 4.68 Å². The molecule has 25 heavy (non-hydrogen) atoms. The van der Waals surface area contributed by atoms with E-state index in [9.17, 15) is 4.79 Å². The largest absolute Gasteiger partial charge is 0.284 e. The molecule has 2 heterocycles. The summed E-state index contributed by atoms with van der Waals surface area (Å²) in [7, 11) is 0. The van der Waals surface area contributed by atoms with Gasteiger partial charge in [0.15, 0.2) is 0 Å². The maximum Gasteiger partial charge on any atom is 0.268 e. The number of hydrogen-bond acceptors (Lipinski definition) is 3. The fraction of sp³-hybridized carbons (Fsp3) is 0.524. The average molecular weight is 337 g/mol. The van der Waals surface area contributed by atoms with Crippen molar-refractivity contribution in [1.82, 2.24) is 14.7 Å². The van der Waals surface area contributed by atoms with E-state index in [-0.39, 0.29) is 5.56 Å². The first-order valence-corrected chi connectivity index (χ1v) is 9.64. The van der Waals surface area contributed by atoms with Gasteiger partial charge in [-0.2, -0.15) is 5.10 Å². The Morgan fingerprint density at radius 2 is 1.80 bits per heavy atom. The van der Waals surface area contributed by atoms with Crippen molar-refractivity contribution in [1.29, 1.82) is 0 Å². The fourth-order valence-electron chi connectivity index (χ4n) is 4.17. The van der Waals surface area contributed by atoms with E-state index in [1.807, 2.05) is 6.07 Å². The standard InChI is InChI=1S/C21H27N3O/c25-21-15-19-8-4-5-9-20(19)22-24(21)16-23-12-10-18(11-13-23)14-17-6-2-1-3-7-17/h1-3,6-7,15,18H,4-5,8-14,16H2. The molecule has 1 aliphatic carbocycles. The zero-order chi connectivity index (χ0) is 17.1. The molecule has 0 spiro atoms. The monoisotopic (exact) mass is 337 g/mol. The maximum absolute atomic E-state index is 12.3. The molecule has 4 rings (SSSR count). The molecule has 0 radical (unpaired) electrons. The molecule has 1 aliphatic heterocycles. The van der Waals surface area contributed by atoms with E-state index in [0.717, 1.165) is 37.5 Å². The van der Waals surface area contributed by atoms with E-state index >= 15 is 0 Å². The molecule has 1 fully saturated rings. The molecule has 0 N–H and O–H groups in total. The summed E-state index contributed by atoms with van der Waals surface area (Å²) in [5, 5.41) is 4.66. The molecule has 4 nitrogen and oxygen atoms in total. The van der Waals surface area contributed by atoms with Crippen molar-refractivity contribution < 1.29 is 0 Å². The predicted octanol–water partition coefficient (Wildman–Crippen LogP) is 3.03. The molecular weight excluding hydrogens is 310 g/mol. The van der Waals surface area contributed by atoms with E-state index in [2.05, 4.69) is 40.3 Å². The summed E-state index contributed by atoms with van der Waals surface area (Å²) in [5.74, 6) is 0.756. The molecule has 0 unspecified atom stereocenters. The normalized spacial score (nSPS) is 18.9. The Morgan fingerprint density at radius 3 is 2.60 bits per heavy atom. The van der Waals surface area contributed by atoms with Crippen molar-refractivity contribution in [2.45, 2.75) is 51.6 Å². The van der Waals surface area contributed by atoms with Crippen molar-refractivity contribution in [2.24, 2.45) is 5.92 Å². The van der Waals surface area contributed by atoms with Gasteiger partial charge >= 0.3 is 0 Å². The van der Waals surface area contributed by atoms with Gasteiger partial charge in [0.25, 0.3) is 5.56 Å². The van der Waals surface area contributed by atoms with E-state index in [4.69, 9.17) is 0 Å². The third kappa shape index (κ3) is 4.01. The molecule has 0 amide bonds. The molecule has 0 bridgehead atoms. The second-order valence-corrected chi connectivity index (χ2v) is 7.55. The van der Waals surface area contributed by atoms with Crippen LogP contribution in [0.2, 0.25) is 0 Å². The second kappa shape index (κ2) is 7.52. The summed E-state index contributed by atoms with van der Waals surface area (Å²) >= 11 is 0. The highest BCUT2D eigenvalue weighted by molar-refractivity contribution is 5.20. The minimum Gasteiger partial charge on any atom is -0.284 e. The SMILES string of the molecule is O=c1cc2c(nn1CN1CCC(Cc3ccccc3)CC1)CCCC2. The number of aryl methyl sites for hydroxylation is 2. The van der Waals surface area contributed by atoms with Crippen LogP contribution in [0.25, 0.3) is 0 Å². The van der Waals surface area contributed by atoms with Gasteiger partial charge in [0.05, 0.1) is 12.4 Å². The third-order valence-electron chi connectivity index (χ3n) is 5.68. The Balaban J connectivity index is 1.35. The van der Waals surface area contributed by atoms with Crippen LogP contribution in [0.3, 0.4) is 0 Å². The van der Waals surface area contributed by atoms with Gasteiger partial charge < -0.3 is 0 Å². The van der Waals surface area contributed by atoms with Crippen molar-refractivity contribution in [3.63, 3.8) is 0 Å². The van der Waals surface area contributed by atoms with Crippen LogP contribution in [0, 0.1) is 5.92 Å². The molecule has 1 saturated heterocycles. The van der Waals surface area contributed by atoms with Crippen molar-refractivity contribution in [3.8, 4) is 0 Å². The number of likely N-dealkylation sites (tertiary alicyclic amines) is 1. The Kier molecular flexibility index (Phi) is 4.97. The minimum absolute atomic E-state index is 0.0621. The zero-order valence-corrected chi connectivity index (χ0v) is 14.9. The van der Waals surface area contributed by atoms with Crippen molar-refractivity contribution in [3.05, 3.63) is 63.6 Å². The number of benzene rings is 1. The number of piperidine rings is 1. The summed E-state index contributed by atoms with van der Waals surface area (Å²) in [6.45, 7) is 2.76. The highest BCUT2D eigenvalue weighted by atomic mass is 16.1. The molecule has 0 atom stereocenters. The van der Waals surface area contributed by atoms with Crippen LogP contribution < -0.4 is 5.56 Å². The number of aromatic nitrogens is 2. The van der Waals surface area contributed by atoms with E-state index < -0.39 is 0 Å². The number of rotatable bonds is 4. The van der Waals surface area contributed by atoms with Crippen LogP contribution in [0.5, 0.6) is 0 Å². The first kappa shape index (κ1) is 16.5. The third-order valence-corrected chi connectivity index (χ3v) is 5.68. The molecular formula is C21H27N3O. The molecule has 132 valence electrons. The van der Waals surface area contributed by atoms with Gasteiger partial charge in [0.2, 0.25) is 0 Å². The van der Waals surface area contributed by atoms with Crippen molar-refractivity contribution in [2.75, 3.05) is 13.1 Å². The van der Waals surface area contributed by atoms with E-state index in [1.165, 1.54) is 43.2 Å². The average Bonchev–Trinajstić information content (AvgIpc) is 2.65. The van der Waals surface area contributed by atoms with Crippen molar-refractivity contribution >= 4 is 0 Å². The van der Waals surface area contributed by atoms with Gasteiger partial charge in [-0.15, -0.1) is 0 Å². The lowest BCUT2D eigenvalue weighted by molar-refractivity contribution is 0.137. The molecule has 1 aromatic heterocycles. The molecule has 4 heteroatoms. The van der Waals surface area contributed by atoms with Crippen LogP contribution in [0.15, 0.2) is 41.2 Å². The Hall–Kier alpha value is -1.94. The molecule has 1 aromatic carbocycles. The van der Waals surface area contributed by atoms with Gasteiger partial charge in [-0.1, -0.05) is 30.3 Å². The van der Waals surface area contributed by atoms with Crippen LogP contribution in [-0.2, 0) is 25.9 Å². The molecule has 2 aromatic rings. The smallest absolute Gasteiger partial charge is 0.268 e. The van der Waals surface area contributed by atoms with Gasteiger partial charge in [0.1, 0.15) is 0 Å². The molecule has 0 saturated carbocycles. The summed E-state index contributed by atoms with van der Waals surface area (Å²) in [6.07, 6.45) is 8.00. The number of nitrogens with zero attached hydrogens (tertiary/aromatic N) is 3. The summed E-state index contributed by atoms with van der Waals surface area (Å²) in [5.41, 5.74) is 3.82. The highest BCUT2D eigenvalue weighted by Crippen LogP contribution is 2.22. The second-order valence-electron chi connectivity index (χ2n) is 7.55. The first-order chi connectivity index (χ1) is 12.3. The highest BCUT2D eigenvalue weighted by Gasteiger charge is 2.21. The van der Waals surface area contributed by atoms with Gasteiger partial charge in [-0.3, -0.25) is 9.69 Å². The van der Waals surface area contributed by atoms with Gasteiger partial charge in [-0.05, 0) is 62.0 Å². The Bertz CT molecular complexity index is 760. The minimum atomic E-state index is 0.0621. The lowest BCUT2D eigenvalue weighted by Gasteiger charge is -2.32.